The lowest BCUT2D eigenvalue weighted by Crippen LogP contribution is -2.32. The van der Waals surface area contributed by atoms with Gasteiger partial charge in [-0.25, -0.2) is 4.57 Å². The van der Waals surface area contributed by atoms with Gasteiger partial charge in [-0.05, 0) is 143 Å². The zero-order chi connectivity index (χ0) is 52.7. The molecule has 0 aliphatic heterocycles. The average molecular weight is 1030 g/mol. The van der Waals surface area contributed by atoms with E-state index in [0.717, 1.165) is 55.2 Å². The first kappa shape index (κ1) is 48.3. The second-order valence-electron chi connectivity index (χ2n) is 18.7. The van der Waals surface area contributed by atoms with Gasteiger partial charge in [-0.3, -0.25) is 19.2 Å². The van der Waals surface area contributed by atoms with E-state index >= 15 is 9.59 Å². The van der Waals surface area contributed by atoms with E-state index in [0.29, 0.717) is 40.0 Å². The van der Waals surface area contributed by atoms with Crippen molar-refractivity contribution in [1.82, 2.24) is 4.57 Å². The summed E-state index contributed by atoms with van der Waals surface area (Å²) in [5.74, 6) is -2.54. The SMILES string of the molecule is O=Cc1c(C2CC2)cc(C(C(=O)O)c2ccc(-n3c(=O)c4cc(-c5cc(C(F)(F)F)cc(C(F)(F)F)c5)c5oc6ccccc6c6c(-c7cc(C(F)(F)F)cc(C(F)(F)F)c7)cc(c3=O)c4c56)cc2)cc1C1CC1. The Kier molecular flexibility index (Phi) is 10.8. The molecule has 11 rings (SSSR count). The van der Waals surface area contributed by atoms with Crippen LogP contribution in [0, 0.1) is 0 Å². The summed E-state index contributed by atoms with van der Waals surface area (Å²) in [5.41, 5.74) is -10.8. The van der Waals surface area contributed by atoms with Crippen LogP contribution in [0.25, 0.3) is 71.4 Å². The van der Waals surface area contributed by atoms with Gasteiger partial charge in [0.15, 0.2) is 6.29 Å². The molecule has 74 heavy (non-hydrogen) atoms. The van der Waals surface area contributed by atoms with Gasteiger partial charge < -0.3 is 9.52 Å². The van der Waals surface area contributed by atoms with E-state index in [1.807, 2.05) is 0 Å². The summed E-state index contributed by atoms with van der Waals surface area (Å²) in [7, 11) is 0. The fourth-order valence-electron chi connectivity index (χ4n) is 10.2. The van der Waals surface area contributed by atoms with Gasteiger partial charge in [0.25, 0.3) is 11.1 Å². The molecular formula is C55H31F12NO6. The first-order chi connectivity index (χ1) is 34.8. The largest absolute Gasteiger partial charge is 0.481 e. The molecule has 2 aliphatic rings. The minimum atomic E-state index is -5.39. The zero-order valence-corrected chi connectivity index (χ0v) is 37.5. The molecule has 19 heteroatoms. The third-order valence-electron chi connectivity index (χ3n) is 13.9. The second kappa shape index (κ2) is 16.5. The van der Waals surface area contributed by atoms with Gasteiger partial charge in [0.2, 0.25) is 0 Å². The number of carboxylic acids is 1. The highest BCUT2D eigenvalue weighted by Crippen LogP contribution is 2.51. The molecule has 1 atom stereocenters. The number of carbonyl (C=O) groups is 2. The van der Waals surface area contributed by atoms with Gasteiger partial charge in [-0.2, -0.15) is 52.7 Å². The highest BCUT2D eigenvalue weighted by molar-refractivity contribution is 6.32. The maximum atomic E-state index is 15.0. The van der Waals surface area contributed by atoms with Crippen LogP contribution in [-0.4, -0.2) is 21.9 Å². The molecule has 0 bridgehead atoms. The fraction of sp³-hybridized carbons (Fsp3) is 0.200. The Balaban J connectivity index is 1.23. The molecule has 2 saturated carbocycles. The maximum absolute atomic E-state index is 15.0. The molecule has 7 aromatic carbocycles. The first-order valence-electron chi connectivity index (χ1n) is 22.7. The van der Waals surface area contributed by atoms with E-state index in [1.54, 1.807) is 12.1 Å². The summed E-state index contributed by atoms with van der Waals surface area (Å²) in [4.78, 5) is 55.5. The van der Waals surface area contributed by atoms with Crippen molar-refractivity contribution in [1.29, 1.82) is 0 Å². The number of alkyl halides is 12. The molecule has 0 saturated heterocycles. The van der Waals surface area contributed by atoms with E-state index in [2.05, 4.69) is 0 Å². The number of pyridine rings is 1. The summed E-state index contributed by atoms with van der Waals surface area (Å²) >= 11 is 0. The fourth-order valence-corrected chi connectivity index (χ4v) is 10.2. The normalized spacial score (nSPS) is 15.2. The molecule has 1 unspecified atom stereocenters. The number of para-hydroxylation sites is 1. The summed E-state index contributed by atoms with van der Waals surface area (Å²) in [6, 6.07) is 16.8. The Labute approximate surface area is 407 Å². The highest BCUT2D eigenvalue weighted by atomic mass is 19.4. The van der Waals surface area contributed by atoms with Crippen LogP contribution in [0.5, 0.6) is 0 Å². The van der Waals surface area contributed by atoms with E-state index < -0.39 is 114 Å². The van der Waals surface area contributed by atoms with Gasteiger partial charge in [-0.1, -0.05) is 42.5 Å². The van der Waals surface area contributed by atoms with E-state index in [9.17, 15) is 67.4 Å². The van der Waals surface area contributed by atoms with Gasteiger partial charge in [0.1, 0.15) is 17.1 Å². The van der Waals surface area contributed by atoms with Gasteiger partial charge in [0.05, 0.1) is 27.9 Å². The van der Waals surface area contributed by atoms with Crippen molar-refractivity contribution in [3.05, 3.63) is 180 Å². The van der Waals surface area contributed by atoms with Crippen LogP contribution in [0.3, 0.4) is 0 Å². The standard InChI is InChI=1S/C55H31F12NO6/c56-52(57,58)30-13-27(14-31(19-30)53(59,60)61)38-21-40-46-41(22-39(48-47(46)45(38)35-3-1-2-4-43(35)74-48)28-15-32(54(62,63)64)20-33(16-28)55(65,66)67)50(71)68(49(40)70)34-11-9-26(10-12-34)44(51(72)73)29-17-36(24-5-6-24)42(23-69)37(18-29)25-7-8-25/h1-4,9-25,44H,5-8H2,(H,72,73). The van der Waals surface area contributed by atoms with E-state index in [4.69, 9.17) is 4.42 Å². The highest BCUT2D eigenvalue weighted by Gasteiger charge is 2.40. The molecule has 376 valence electrons. The quantitative estimate of drug-likeness (QED) is 0.0668. The molecular weight excluding hydrogens is 999 g/mol. The Morgan fingerprint density at radius 2 is 1.01 bits per heavy atom. The number of carbonyl (C=O) groups excluding carboxylic acids is 1. The Hall–Kier alpha value is -7.96. The number of halogens is 12. The number of fused-ring (bicyclic) bond motifs is 2. The summed E-state index contributed by atoms with van der Waals surface area (Å²) in [5, 5.41) is 8.52. The minimum Gasteiger partial charge on any atom is -0.481 e. The number of nitrogens with zero attached hydrogens (tertiary/aromatic N) is 1. The average Bonchev–Trinajstić information content (AvgIpc) is 4.28. The number of aldehydes is 1. The zero-order valence-electron chi connectivity index (χ0n) is 37.5. The molecule has 2 fully saturated rings. The first-order valence-corrected chi connectivity index (χ1v) is 22.7. The van der Waals surface area contributed by atoms with Crippen LogP contribution in [0.15, 0.2) is 123 Å². The van der Waals surface area contributed by atoms with E-state index in [-0.39, 0.29) is 57.0 Å². The van der Waals surface area contributed by atoms with Crippen molar-refractivity contribution in [3.8, 4) is 27.9 Å². The molecule has 9 aromatic rings. The Morgan fingerprint density at radius 1 is 0.554 bits per heavy atom. The van der Waals surface area contributed by atoms with Crippen molar-refractivity contribution >= 4 is 55.7 Å². The number of hydrogen-bond donors (Lipinski definition) is 1. The lowest BCUT2D eigenvalue weighted by Gasteiger charge is -2.21. The van der Waals surface area contributed by atoms with Crippen molar-refractivity contribution in [3.63, 3.8) is 0 Å². The number of rotatable bonds is 9. The predicted molar refractivity (Wildman–Crippen MR) is 248 cm³/mol. The molecule has 0 amide bonds. The lowest BCUT2D eigenvalue weighted by molar-refractivity contribution is -0.144. The molecule has 0 radical (unpaired) electrons. The summed E-state index contributed by atoms with van der Waals surface area (Å²) < 4.78 is 180. The van der Waals surface area contributed by atoms with Crippen LogP contribution in [0.1, 0.15) is 98.3 Å². The summed E-state index contributed by atoms with van der Waals surface area (Å²) in [6.07, 6.45) is -17.6. The predicted octanol–water partition coefficient (Wildman–Crippen LogP) is 15.0. The molecule has 7 nitrogen and oxygen atoms in total. The Morgan fingerprint density at radius 3 is 1.46 bits per heavy atom. The number of aromatic nitrogens is 1. The molecule has 1 N–H and O–H groups in total. The van der Waals surface area contributed by atoms with Crippen molar-refractivity contribution < 1.29 is 71.8 Å². The molecule has 2 aromatic heterocycles. The second-order valence-corrected chi connectivity index (χ2v) is 18.7. The molecule has 2 aliphatic carbocycles. The maximum Gasteiger partial charge on any atom is 0.416 e. The Bertz CT molecular complexity index is 3840. The molecule has 2 heterocycles. The third kappa shape index (κ3) is 8.12. The number of carboxylic acid groups (broad SMARTS) is 1. The van der Waals surface area contributed by atoms with Crippen LogP contribution < -0.4 is 11.1 Å². The van der Waals surface area contributed by atoms with Crippen LogP contribution >= 0.6 is 0 Å². The number of aliphatic carboxylic acids is 1. The van der Waals surface area contributed by atoms with Crippen molar-refractivity contribution in [2.24, 2.45) is 0 Å². The van der Waals surface area contributed by atoms with Gasteiger partial charge in [-0.15, -0.1) is 0 Å². The van der Waals surface area contributed by atoms with Gasteiger partial charge >= 0.3 is 30.7 Å². The van der Waals surface area contributed by atoms with Crippen LogP contribution in [-0.2, 0) is 29.5 Å². The number of hydrogen-bond acceptors (Lipinski definition) is 5. The minimum absolute atomic E-state index is 0.0455. The topological polar surface area (TPSA) is 107 Å². The monoisotopic (exact) mass is 1030 g/mol. The molecule has 0 spiro atoms. The van der Waals surface area contributed by atoms with E-state index in [1.165, 1.54) is 48.5 Å². The van der Waals surface area contributed by atoms with Crippen molar-refractivity contribution in [2.75, 3.05) is 0 Å². The van der Waals surface area contributed by atoms with Crippen molar-refractivity contribution in [2.45, 2.75) is 68.1 Å². The van der Waals surface area contributed by atoms with Crippen LogP contribution in [0.4, 0.5) is 52.7 Å². The van der Waals surface area contributed by atoms with Crippen LogP contribution in [0.2, 0.25) is 0 Å². The van der Waals surface area contributed by atoms with Gasteiger partial charge in [0, 0.05) is 43.4 Å². The third-order valence-corrected chi connectivity index (χ3v) is 13.9. The smallest absolute Gasteiger partial charge is 0.416 e. The lowest BCUT2D eigenvalue weighted by atomic mass is 9.85. The number of benzene rings is 7. The summed E-state index contributed by atoms with van der Waals surface area (Å²) in [6.45, 7) is 0.